The third-order valence-corrected chi connectivity index (χ3v) is 5.02. The number of hydrogen-bond donors (Lipinski definition) is 0. The predicted octanol–water partition coefficient (Wildman–Crippen LogP) is 1.34. The Morgan fingerprint density at radius 3 is 1.44 bits per heavy atom. The highest BCUT2D eigenvalue weighted by atomic mass is 32.3. The summed E-state index contributed by atoms with van der Waals surface area (Å²) in [6.45, 7) is 0. The second-order valence-corrected chi connectivity index (χ2v) is 6.86. The Morgan fingerprint density at radius 1 is 0.722 bits per heavy atom. The van der Waals surface area contributed by atoms with E-state index in [-0.39, 0.29) is 0 Å². The van der Waals surface area contributed by atoms with Gasteiger partial charge in [0.2, 0.25) is 0 Å². The average Bonchev–Trinajstić information content (AvgIpc) is 2.14. The summed E-state index contributed by atoms with van der Waals surface area (Å²) in [7, 11) is -12.4. The van der Waals surface area contributed by atoms with E-state index in [2.05, 4.69) is 0 Å². The lowest BCUT2D eigenvalue weighted by Crippen LogP contribution is -2.30. The van der Waals surface area contributed by atoms with Gasteiger partial charge in [-0.25, -0.2) is 4.21 Å². The van der Waals surface area contributed by atoms with Crippen LogP contribution >= 0.6 is 0 Å². The summed E-state index contributed by atoms with van der Waals surface area (Å²) in [5.74, 6) is 0. The molecule has 0 aromatic rings. The Balaban J connectivity index is 4.82. The number of alkyl halides is 5. The van der Waals surface area contributed by atoms with Gasteiger partial charge in [-0.05, 0) is 0 Å². The molecule has 0 saturated heterocycles. The fraction of sp³-hybridized carbons (Fsp3) is 1.00. The number of hydrogen-bond acceptors (Lipinski definition) is 4. The molecule has 18 heavy (non-hydrogen) atoms. The summed E-state index contributed by atoms with van der Waals surface area (Å²) in [6, 6.07) is 0. The first-order valence-corrected chi connectivity index (χ1v) is 7.44. The highest BCUT2D eigenvalue weighted by molar-refractivity contribution is 8.16. The molecular weight excluding hydrogens is 358 g/mol. The molecule has 0 heterocycles. The van der Waals surface area contributed by atoms with E-state index in [1.165, 1.54) is 0 Å². The summed E-state index contributed by atoms with van der Waals surface area (Å²) >= 11 is -3.82. The van der Waals surface area contributed by atoms with Gasteiger partial charge >= 0.3 is 10.1 Å². The molecule has 16 heteroatoms. The van der Waals surface area contributed by atoms with Gasteiger partial charge in [0.1, 0.15) is 11.4 Å². The molecule has 0 saturated carbocycles. The molecule has 0 aromatic carbocycles. The van der Waals surface area contributed by atoms with Gasteiger partial charge in [0.05, 0.1) is 0 Å². The van der Waals surface area contributed by atoms with Crippen molar-refractivity contribution in [2.75, 3.05) is 0 Å². The number of rotatable bonds is 6. The zero-order valence-electron chi connectivity index (χ0n) is 7.43. The van der Waals surface area contributed by atoms with Gasteiger partial charge in [-0.2, -0.15) is 25.8 Å². The van der Waals surface area contributed by atoms with Crippen LogP contribution in [0.25, 0.3) is 8.25 Å². The van der Waals surface area contributed by atoms with E-state index in [9.17, 15) is 42.7 Å². The van der Waals surface area contributed by atoms with Crippen molar-refractivity contribution >= 4 is 44.3 Å². The normalized spacial score (nSPS) is 20.1. The molecule has 0 amide bonds. The van der Waals surface area contributed by atoms with Crippen LogP contribution in [-0.2, 0) is 44.3 Å². The predicted molar refractivity (Wildman–Crippen MR) is 51.4 cm³/mol. The Labute approximate surface area is 106 Å². The summed E-state index contributed by atoms with van der Waals surface area (Å²) in [5.41, 5.74) is -5.55. The van der Waals surface area contributed by atoms with Crippen molar-refractivity contribution in [2.45, 2.75) is 10.1 Å². The largest absolute Gasteiger partial charge is 0.477 e. The summed E-state index contributed by atoms with van der Waals surface area (Å²) in [5, 5.41) is 0. The zero-order valence-corrected chi connectivity index (χ0v) is 10.7. The molecule has 0 rings (SSSR count). The van der Waals surface area contributed by atoms with Gasteiger partial charge in [0.25, 0.3) is 0 Å². The van der Waals surface area contributed by atoms with E-state index >= 15 is 0 Å². The number of nitrogens with zero attached hydrogens (tertiary/aromatic N) is 2. The van der Waals surface area contributed by atoms with E-state index in [4.69, 9.17) is 0 Å². The Bertz CT molecular complexity index is 409. The molecule has 4 unspecified atom stereocenters. The quantitative estimate of drug-likeness (QED) is 0.529. The van der Waals surface area contributed by atoms with Crippen molar-refractivity contribution in [1.82, 2.24) is 0 Å². The van der Waals surface area contributed by atoms with Crippen molar-refractivity contribution in [2.24, 2.45) is 0 Å². The van der Waals surface area contributed by atoms with Crippen LogP contribution in [0.5, 0.6) is 0 Å². The van der Waals surface area contributed by atoms with E-state index in [1.54, 1.807) is 8.25 Å². The lowest BCUT2D eigenvalue weighted by molar-refractivity contribution is -0.0375. The second-order valence-electron chi connectivity index (χ2n) is 2.01. The molecule has 0 aliphatic carbocycles. The second kappa shape index (κ2) is 6.51. The summed E-state index contributed by atoms with van der Waals surface area (Å²) in [6.07, 6.45) is 0. The maximum atomic E-state index is 12.7. The molecule has 0 aliphatic rings. The Kier molecular flexibility index (Phi) is 6.54. The third-order valence-electron chi connectivity index (χ3n) is 0.866. The van der Waals surface area contributed by atoms with E-state index in [0.717, 1.165) is 0 Å². The lowest BCUT2D eigenvalue weighted by Gasteiger charge is -2.29. The highest BCUT2D eigenvalue weighted by Gasteiger charge is 2.38. The van der Waals surface area contributed by atoms with Crippen molar-refractivity contribution in [3.8, 4) is 0 Å². The van der Waals surface area contributed by atoms with E-state index in [1.807, 2.05) is 0 Å². The molecule has 0 N–H and O–H groups in total. The van der Waals surface area contributed by atoms with E-state index < -0.39 is 54.4 Å². The first-order valence-electron chi connectivity index (χ1n) is 3.11. The van der Waals surface area contributed by atoms with E-state index in [0.29, 0.717) is 0 Å². The molecule has 110 valence electrons. The minimum Gasteiger partial charge on any atom is -0.477 e. The van der Waals surface area contributed by atoms with Gasteiger partial charge in [0, 0.05) is 33.0 Å². The first kappa shape index (κ1) is 18.1. The molecule has 6 nitrogen and oxygen atoms in total. The van der Waals surface area contributed by atoms with Crippen LogP contribution < -0.4 is 0 Å². The summed E-state index contributed by atoms with van der Waals surface area (Å²) in [4.78, 5) is 0. The Hall–Kier alpha value is 0.1000. The molecule has 0 fully saturated rings. The molecule has 0 aliphatic heterocycles. The first-order chi connectivity index (χ1) is 7.89. The standard InChI is InChI=1S/C2F6N2O4S4/c3-1(4,5)15(11)9-16(12)2(6,7)17(13)10-18(8)14/q-2. The van der Waals surface area contributed by atoms with Crippen molar-refractivity contribution < 1.29 is 42.7 Å². The smallest absolute Gasteiger partial charge is 0.453 e. The maximum absolute atomic E-state index is 12.7. The number of halogens is 6. The van der Waals surface area contributed by atoms with Gasteiger partial charge in [-0.1, -0.05) is 0 Å². The third kappa shape index (κ3) is 5.39. The van der Waals surface area contributed by atoms with Gasteiger partial charge in [0.15, 0.2) is 0 Å². The van der Waals surface area contributed by atoms with Crippen molar-refractivity contribution in [3.63, 3.8) is 0 Å². The lowest BCUT2D eigenvalue weighted by atomic mass is 11.6. The minimum atomic E-state index is -5.55. The monoisotopic (exact) mass is 358 g/mol. The maximum Gasteiger partial charge on any atom is 0.453 e. The van der Waals surface area contributed by atoms with Gasteiger partial charge in [-0.3, -0.25) is 12.6 Å². The van der Waals surface area contributed by atoms with Crippen LogP contribution in [-0.4, -0.2) is 26.9 Å². The van der Waals surface area contributed by atoms with Crippen molar-refractivity contribution in [1.29, 1.82) is 0 Å². The fourth-order valence-electron chi connectivity index (χ4n) is 0.305. The van der Waals surface area contributed by atoms with Gasteiger partial charge < -0.3 is 8.25 Å². The van der Waals surface area contributed by atoms with Gasteiger partial charge in [-0.15, -0.1) is 0 Å². The molecule has 4 atom stereocenters. The molecular formula is C2F6N2O4S4-2. The fourth-order valence-corrected chi connectivity index (χ4v) is 3.29. The topological polar surface area (TPSA) is 96.5 Å². The molecule has 0 bridgehead atoms. The summed E-state index contributed by atoms with van der Waals surface area (Å²) < 4.78 is 111. The van der Waals surface area contributed by atoms with Crippen LogP contribution in [0.2, 0.25) is 0 Å². The van der Waals surface area contributed by atoms with Crippen LogP contribution in [0, 0.1) is 0 Å². The highest BCUT2D eigenvalue weighted by Crippen LogP contribution is 2.34. The Morgan fingerprint density at radius 2 is 1.11 bits per heavy atom. The van der Waals surface area contributed by atoms with Crippen LogP contribution in [0.1, 0.15) is 0 Å². The van der Waals surface area contributed by atoms with Crippen LogP contribution in [0.4, 0.5) is 25.8 Å². The minimum absolute atomic E-state index is 1.64. The molecule has 0 radical (unpaired) electrons. The zero-order chi connectivity index (χ0) is 14.7. The van der Waals surface area contributed by atoms with Crippen LogP contribution in [0.15, 0.2) is 0 Å². The molecule has 0 aromatic heterocycles. The SMILES string of the molecule is O=S(F)[N-]S(=O)C(F)(F)S(=O)[N-]S(=O)C(F)(F)F. The average molecular weight is 358 g/mol. The van der Waals surface area contributed by atoms with Crippen LogP contribution in [0.3, 0.4) is 0 Å². The molecule has 0 spiro atoms. The van der Waals surface area contributed by atoms with Crippen molar-refractivity contribution in [3.05, 3.63) is 8.25 Å².